The average molecular weight is 414 g/mol. The molecule has 0 saturated carbocycles. The van der Waals surface area contributed by atoms with Crippen molar-refractivity contribution in [2.24, 2.45) is 0 Å². The number of ether oxygens (including phenoxy) is 2. The first kappa shape index (κ1) is 18.8. The summed E-state index contributed by atoms with van der Waals surface area (Å²) < 4.78 is 38.1. The van der Waals surface area contributed by atoms with Gasteiger partial charge in [-0.2, -0.15) is 0 Å². The number of nitrogens with one attached hydrogen (secondary N) is 1. The zero-order valence-electron chi connectivity index (χ0n) is 13.6. The normalized spacial score (nSPS) is 11.3. The standard InChI is InChI=1S/C17H20BrNO4S/c1-22-14-7-3-5-13(11-14)6-4-10-19-24(20,21)15-8-9-17(23-2)16(18)12-15/h3,5,7-9,11-12,19H,4,6,10H2,1-2H3. The molecule has 0 aliphatic carbocycles. The van der Waals surface area contributed by atoms with Crippen LogP contribution in [-0.4, -0.2) is 29.2 Å². The van der Waals surface area contributed by atoms with Gasteiger partial charge in [-0.05, 0) is 64.7 Å². The van der Waals surface area contributed by atoms with Gasteiger partial charge in [-0.3, -0.25) is 0 Å². The molecule has 0 fully saturated rings. The van der Waals surface area contributed by atoms with Crippen LogP contribution >= 0.6 is 15.9 Å². The second-order valence-electron chi connectivity index (χ2n) is 5.15. The fraction of sp³-hybridized carbons (Fsp3) is 0.294. The number of aryl methyl sites for hydroxylation is 1. The van der Waals surface area contributed by atoms with Gasteiger partial charge in [-0.1, -0.05) is 12.1 Å². The Hall–Kier alpha value is -1.57. The summed E-state index contributed by atoms with van der Waals surface area (Å²) in [6.07, 6.45) is 1.47. The molecule has 2 rings (SSSR count). The molecule has 0 aliphatic heterocycles. The summed E-state index contributed by atoms with van der Waals surface area (Å²) >= 11 is 3.30. The van der Waals surface area contributed by atoms with Crippen LogP contribution in [-0.2, 0) is 16.4 Å². The van der Waals surface area contributed by atoms with E-state index in [1.54, 1.807) is 13.2 Å². The number of benzene rings is 2. The van der Waals surface area contributed by atoms with Gasteiger partial charge in [0.25, 0.3) is 0 Å². The van der Waals surface area contributed by atoms with Crippen LogP contribution in [0.15, 0.2) is 51.8 Å². The van der Waals surface area contributed by atoms with E-state index in [1.165, 1.54) is 19.2 Å². The quantitative estimate of drug-likeness (QED) is 0.673. The van der Waals surface area contributed by atoms with E-state index in [2.05, 4.69) is 20.7 Å². The highest BCUT2D eigenvalue weighted by Gasteiger charge is 2.15. The first-order valence-electron chi connectivity index (χ1n) is 7.42. The van der Waals surface area contributed by atoms with Crippen LogP contribution < -0.4 is 14.2 Å². The Morgan fingerprint density at radius 2 is 1.88 bits per heavy atom. The summed E-state index contributed by atoms with van der Waals surface area (Å²) in [5.41, 5.74) is 1.11. The summed E-state index contributed by atoms with van der Waals surface area (Å²) in [5, 5.41) is 0. The van der Waals surface area contributed by atoms with E-state index in [-0.39, 0.29) is 4.90 Å². The summed E-state index contributed by atoms with van der Waals surface area (Å²) in [7, 11) is -0.377. The molecule has 130 valence electrons. The Labute approximate surface area is 151 Å². The molecule has 0 heterocycles. The SMILES string of the molecule is COc1cccc(CCCNS(=O)(=O)c2ccc(OC)c(Br)c2)c1. The molecular weight excluding hydrogens is 394 g/mol. The van der Waals surface area contributed by atoms with Crippen LogP contribution in [0.4, 0.5) is 0 Å². The predicted octanol–water partition coefficient (Wildman–Crippen LogP) is 3.38. The van der Waals surface area contributed by atoms with Gasteiger partial charge < -0.3 is 9.47 Å². The Morgan fingerprint density at radius 3 is 2.54 bits per heavy atom. The van der Waals surface area contributed by atoms with Crippen LogP contribution in [0, 0.1) is 0 Å². The highest BCUT2D eigenvalue weighted by atomic mass is 79.9. The van der Waals surface area contributed by atoms with Crippen molar-refractivity contribution in [1.29, 1.82) is 0 Å². The van der Waals surface area contributed by atoms with Gasteiger partial charge in [0.1, 0.15) is 11.5 Å². The number of hydrogen-bond donors (Lipinski definition) is 1. The Bertz CT molecular complexity index is 793. The topological polar surface area (TPSA) is 64.6 Å². The van der Waals surface area contributed by atoms with Crippen LogP contribution in [0.2, 0.25) is 0 Å². The maximum absolute atomic E-state index is 12.3. The molecule has 5 nitrogen and oxygen atoms in total. The summed E-state index contributed by atoms with van der Waals surface area (Å²) in [6, 6.07) is 12.4. The molecule has 0 amide bonds. The van der Waals surface area contributed by atoms with Crippen molar-refractivity contribution >= 4 is 26.0 Å². The molecular formula is C17H20BrNO4S. The highest BCUT2D eigenvalue weighted by Crippen LogP contribution is 2.27. The molecule has 0 spiro atoms. The molecule has 2 aromatic rings. The molecule has 0 bridgehead atoms. The zero-order chi connectivity index (χ0) is 17.6. The van der Waals surface area contributed by atoms with Crippen LogP contribution in [0.25, 0.3) is 0 Å². The Kier molecular flexibility index (Phi) is 6.65. The van der Waals surface area contributed by atoms with Crippen molar-refractivity contribution < 1.29 is 17.9 Å². The molecule has 0 radical (unpaired) electrons. The average Bonchev–Trinajstić information content (AvgIpc) is 2.59. The minimum atomic E-state index is -3.54. The lowest BCUT2D eigenvalue weighted by Gasteiger charge is -2.09. The second kappa shape index (κ2) is 8.50. The molecule has 0 aliphatic rings. The van der Waals surface area contributed by atoms with E-state index < -0.39 is 10.0 Å². The molecule has 0 unspecified atom stereocenters. The van der Waals surface area contributed by atoms with Gasteiger partial charge >= 0.3 is 0 Å². The lowest BCUT2D eigenvalue weighted by molar-refractivity contribution is 0.411. The maximum Gasteiger partial charge on any atom is 0.240 e. The molecule has 24 heavy (non-hydrogen) atoms. The van der Waals surface area contributed by atoms with Crippen LogP contribution in [0.5, 0.6) is 11.5 Å². The minimum absolute atomic E-state index is 0.205. The lowest BCUT2D eigenvalue weighted by Crippen LogP contribution is -2.25. The van der Waals surface area contributed by atoms with Crippen LogP contribution in [0.1, 0.15) is 12.0 Å². The first-order valence-corrected chi connectivity index (χ1v) is 9.70. The van der Waals surface area contributed by atoms with Gasteiger partial charge in [0.2, 0.25) is 10.0 Å². The van der Waals surface area contributed by atoms with Crippen molar-refractivity contribution in [3.8, 4) is 11.5 Å². The van der Waals surface area contributed by atoms with Crippen molar-refractivity contribution in [1.82, 2.24) is 4.72 Å². The minimum Gasteiger partial charge on any atom is -0.497 e. The van der Waals surface area contributed by atoms with Gasteiger partial charge in [0, 0.05) is 6.54 Å². The number of rotatable bonds is 8. The predicted molar refractivity (Wildman–Crippen MR) is 97.2 cm³/mol. The Morgan fingerprint density at radius 1 is 1.08 bits per heavy atom. The molecule has 7 heteroatoms. The molecule has 0 aromatic heterocycles. The maximum atomic E-state index is 12.3. The third kappa shape index (κ3) is 4.96. The summed E-state index contributed by atoms with van der Waals surface area (Å²) in [6.45, 7) is 0.364. The number of sulfonamides is 1. The lowest BCUT2D eigenvalue weighted by atomic mass is 10.1. The van der Waals surface area contributed by atoms with Gasteiger partial charge in [-0.15, -0.1) is 0 Å². The van der Waals surface area contributed by atoms with E-state index >= 15 is 0 Å². The fourth-order valence-electron chi connectivity index (χ4n) is 2.22. The van der Waals surface area contributed by atoms with E-state index in [0.717, 1.165) is 17.7 Å². The van der Waals surface area contributed by atoms with E-state index in [4.69, 9.17) is 9.47 Å². The Balaban J connectivity index is 1.92. The van der Waals surface area contributed by atoms with E-state index in [0.29, 0.717) is 23.2 Å². The third-order valence-electron chi connectivity index (χ3n) is 3.50. The molecule has 0 saturated heterocycles. The van der Waals surface area contributed by atoms with Crippen molar-refractivity contribution in [3.05, 3.63) is 52.5 Å². The second-order valence-corrected chi connectivity index (χ2v) is 7.77. The van der Waals surface area contributed by atoms with Gasteiger partial charge in [0.15, 0.2) is 0 Å². The fourth-order valence-corrected chi connectivity index (χ4v) is 4.02. The molecule has 1 N–H and O–H groups in total. The molecule has 0 atom stereocenters. The smallest absolute Gasteiger partial charge is 0.240 e. The zero-order valence-corrected chi connectivity index (χ0v) is 16.0. The first-order chi connectivity index (χ1) is 11.5. The summed E-state index contributed by atoms with van der Waals surface area (Å²) in [5.74, 6) is 1.39. The highest BCUT2D eigenvalue weighted by molar-refractivity contribution is 9.10. The van der Waals surface area contributed by atoms with Crippen molar-refractivity contribution in [2.75, 3.05) is 20.8 Å². The van der Waals surface area contributed by atoms with E-state index in [1.807, 2.05) is 24.3 Å². The van der Waals surface area contributed by atoms with Crippen molar-refractivity contribution in [2.45, 2.75) is 17.7 Å². The van der Waals surface area contributed by atoms with Gasteiger partial charge in [-0.25, -0.2) is 13.1 Å². The van der Waals surface area contributed by atoms with E-state index in [9.17, 15) is 8.42 Å². The monoisotopic (exact) mass is 413 g/mol. The number of hydrogen-bond acceptors (Lipinski definition) is 4. The van der Waals surface area contributed by atoms with Gasteiger partial charge in [0.05, 0.1) is 23.6 Å². The van der Waals surface area contributed by atoms with Crippen molar-refractivity contribution in [3.63, 3.8) is 0 Å². The van der Waals surface area contributed by atoms with Crippen LogP contribution in [0.3, 0.4) is 0 Å². The largest absolute Gasteiger partial charge is 0.497 e. The molecule has 2 aromatic carbocycles. The number of halogens is 1. The summed E-state index contributed by atoms with van der Waals surface area (Å²) in [4.78, 5) is 0.205. The third-order valence-corrected chi connectivity index (χ3v) is 5.58. The number of methoxy groups -OCH3 is 2.